The van der Waals surface area contributed by atoms with Crippen LogP contribution in [0.15, 0.2) is 36.5 Å². The zero-order chi connectivity index (χ0) is 17.4. The summed E-state index contributed by atoms with van der Waals surface area (Å²) in [6.07, 6.45) is 2.91. The quantitative estimate of drug-likeness (QED) is 0.776. The summed E-state index contributed by atoms with van der Waals surface area (Å²) < 4.78 is 1.46. The Balaban J connectivity index is 1.66. The van der Waals surface area contributed by atoms with E-state index in [1.807, 2.05) is 0 Å². The van der Waals surface area contributed by atoms with E-state index in [0.717, 1.165) is 6.42 Å². The molecule has 1 aliphatic heterocycles. The fraction of sp³-hybridized carbons (Fsp3) is 0.188. The van der Waals surface area contributed by atoms with Crippen LogP contribution in [0.4, 0.5) is 11.4 Å². The van der Waals surface area contributed by atoms with Crippen LogP contribution in [0.3, 0.4) is 0 Å². The summed E-state index contributed by atoms with van der Waals surface area (Å²) in [5.41, 5.74) is 2.01. The maximum absolute atomic E-state index is 12.6. The number of hydrogen-bond donors (Lipinski definition) is 1. The molecule has 1 aliphatic rings. The lowest BCUT2D eigenvalue weighted by Crippen LogP contribution is -2.25. The lowest BCUT2D eigenvalue weighted by Gasteiger charge is -2.20. The number of benzene rings is 1. The summed E-state index contributed by atoms with van der Waals surface area (Å²) >= 11 is 6.07. The molecule has 3 heterocycles. The Morgan fingerprint density at radius 1 is 1.24 bits per heavy atom. The molecule has 0 spiro atoms. The van der Waals surface area contributed by atoms with Gasteiger partial charge in [0.1, 0.15) is 0 Å². The highest BCUT2D eigenvalue weighted by atomic mass is 35.5. The molecule has 0 unspecified atom stereocenters. The number of hydrogen-bond acceptors (Lipinski definition) is 5. The number of nitrogens with one attached hydrogen (secondary N) is 1. The van der Waals surface area contributed by atoms with Crippen molar-refractivity contribution in [3.63, 3.8) is 0 Å². The van der Waals surface area contributed by atoms with Crippen molar-refractivity contribution >= 4 is 40.4 Å². The molecule has 1 N–H and O–H groups in total. The van der Waals surface area contributed by atoms with Crippen LogP contribution in [0.1, 0.15) is 23.2 Å². The first-order valence-electron chi connectivity index (χ1n) is 7.71. The number of tetrazole rings is 1. The molecule has 1 saturated heterocycles. The molecular weight excluding hydrogens is 344 g/mol. The maximum atomic E-state index is 12.6. The molecule has 126 valence electrons. The first-order chi connectivity index (χ1) is 12.1. The number of rotatable bonds is 3. The lowest BCUT2D eigenvalue weighted by molar-refractivity contribution is -0.117. The van der Waals surface area contributed by atoms with Crippen molar-refractivity contribution in [1.29, 1.82) is 0 Å². The number of aromatic nitrogens is 4. The van der Waals surface area contributed by atoms with E-state index in [1.54, 1.807) is 41.4 Å². The minimum absolute atomic E-state index is 0.0359. The molecule has 8 nitrogen and oxygen atoms in total. The predicted octanol–water partition coefficient (Wildman–Crippen LogP) is 2.16. The fourth-order valence-electron chi connectivity index (χ4n) is 2.82. The second-order valence-corrected chi connectivity index (χ2v) is 6.10. The second-order valence-electron chi connectivity index (χ2n) is 5.66. The molecule has 4 rings (SSSR count). The molecule has 25 heavy (non-hydrogen) atoms. The van der Waals surface area contributed by atoms with Gasteiger partial charge in [-0.3, -0.25) is 9.59 Å². The second kappa shape index (κ2) is 6.14. The molecule has 1 fully saturated rings. The highest BCUT2D eigenvalue weighted by Crippen LogP contribution is 2.32. The van der Waals surface area contributed by atoms with E-state index in [0.29, 0.717) is 40.6 Å². The standard InChI is InChI=1S/C16H13ClN6O2/c17-11-3-4-13(22-6-1-2-15(22)24)12(9-11)18-16(25)10-5-7-23-14(8-10)19-20-21-23/h3-5,7-9H,1-2,6H2,(H,18,25). The minimum atomic E-state index is -0.333. The van der Waals surface area contributed by atoms with Crippen LogP contribution in [0.25, 0.3) is 5.65 Å². The zero-order valence-corrected chi connectivity index (χ0v) is 13.8. The number of anilines is 2. The van der Waals surface area contributed by atoms with E-state index in [1.165, 1.54) is 4.52 Å². The van der Waals surface area contributed by atoms with Gasteiger partial charge in [0.2, 0.25) is 5.91 Å². The molecule has 0 saturated carbocycles. The van der Waals surface area contributed by atoms with Crippen LogP contribution in [0.2, 0.25) is 5.02 Å². The SMILES string of the molecule is O=C(Nc1cc(Cl)ccc1N1CCCC1=O)c1ccn2nnnc2c1. The van der Waals surface area contributed by atoms with Crippen LogP contribution in [0.5, 0.6) is 0 Å². The normalized spacial score (nSPS) is 14.3. The fourth-order valence-corrected chi connectivity index (χ4v) is 2.99. The summed E-state index contributed by atoms with van der Waals surface area (Å²) in [5, 5.41) is 14.4. The Hall–Kier alpha value is -3.00. The Morgan fingerprint density at radius 2 is 2.12 bits per heavy atom. The molecule has 0 bridgehead atoms. The summed E-state index contributed by atoms with van der Waals surface area (Å²) in [6, 6.07) is 8.28. The van der Waals surface area contributed by atoms with Crippen molar-refractivity contribution < 1.29 is 9.59 Å². The number of pyridine rings is 1. The lowest BCUT2D eigenvalue weighted by atomic mass is 10.2. The maximum Gasteiger partial charge on any atom is 0.255 e. The number of nitrogens with zero attached hydrogens (tertiary/aromatic N) is 5. The monoisotopic (exact) mass is 356 g/mol. The van der Waals surface area contributed by atoms with E-state index in [-0.39, 0.29) is 11.8 Å². The van der Waals surface area contributed by atoms with Gasteiger partial charge in [-0.1, -0.05) is 11.6 Å². The molecular formula is C16H13ClN6O2. The average molecular weight is 357 g/mol. The third-order valence-corrected chi connectivity index (χ3v) is 4.27. The molecule has 2 amide bonds. The number of halogens is 1. The highest BCUT2D eigenvalue weighted by Gasteiger charge is 2.24. The molecule has 3 aromatic rings. The van der Waals surface area contributed by atoms with Gasteiger partial charge in [0.15, 0.2) is 5.65 Å². The van der Waals surface area contributed by atoms with E-state index in [9.17, 15) is 9.59 Å². The first kappa shape index (κ1) is 15.5. The first-order valence-corrected chi connectivity index (χ1v) is 8.08. The number of fused-ring (bicyclic) bond motifs is 1. The molecule has 9 heteroatoms. The van der Waals surface area contributed by atoms with Crippen LogP contribution in [-0.2, 0) is 4.79 Å². The van der Waals surface area contributed by atoms with Crippen LogP contribution < -0.4 is 10.2 Å². The van der Waals surface area contributed by atoms with E-state index in [4.69, 9.17) is 11.6 Å². The Morgan fingerprint density at radius 3 is 2.92 bits per heavy atom. The van der Waals surface area contributed by atoms with E-state index < -0.39 is 0 Å². The Kier molecular flexibility index (Phi) is 3.81. The van der Waals surface area contributed by atoms with Crippen molar-refractivity contribution in [2.24, 2.45) is 0 Å². The van der Waals surface area contributed by atoms with Gasteiger partial charge in [0.05, 0.1) is 11.4 Å². The minimum Gasteiger partial charge on any atom is -0.320 e. The van der Waals surface area contributed by atoms with Gasteiger partial charge in [-0.25, -0.2) is 4.52 Å². The van der Waals surface area contributed by atoms with Crippen molar-refractivity contribution in [2.45, 2.75) is 12.8 Å². The number of amides is 2. The van der Waals surface area contributed by atoms with Crippen LogP contribution in [0, 0.1) is 0 Å². The molecule has 1 aromatic carbocycles. The Bertz CT molecular complexity index is 986. The van der Waals surface area contributed by atoms with Crippen molar-refractivity contribution in [3.05, 3.63) is 47.1 Å². The van der Waals surface area contributed by atoms with Crippen molar-refractivity contribution in [2.75, 3.05) is 16.8 Å². The highest BCUT2D eigenvalue weighted by molar-refractivity contribution is 6.31. The van der Waals surface area contributed by atoms with E-state index in [2.05, 4.69) is 20.8 Å². The Labute approximate surface area is 147 Å². The topological polar surface area (TPSA) is 92.5 Å². The summed E-state index contributed by atoms with van der Waals surface area (Å²) in [7, 11) is 0. The average Bonchev–Trinajstić information content (AvgIpc) is 3.23. The van der Waals surface area contributed by atoms with Gasteiger partial charge < -0.3 is 10.2 Å². The number of carbonyl (C=O) groups excluding carboxylic acids is 2. The van der Waals surface area contributed by atoms with Crippen LogP contribution >= 0.6 is 11.6 Å². The molecule has 0 aliphatic carbocycles. The van der Waals surface area contributed by atoms with Gasteiger partial charge in [-0.05, 0) is 47.2 Å². The van der Waals surface area contributed by atoms with Gasteiger partial charge in [-0.2, -0.15) is 0 Å². The number of carbonyl (C=O) groups is 2. The van der Waals surface area contributed by atoms with Gasteiger partial charge >= 0.3 is 0 Å². The zero-order valence-electron chi connectivity index (χ0n) is 13.0. The van der Waals surface area contributed by atoms with Gasteiger partial charge in [-0.15, -0.1) is 5.10 Å². The van der Waals surface area contributed by atoms with Crippen molar-refractivity contribution in [1.82, 2.24) is 20.0 Å². The summed E-state index contributed by atoms with van der Waals surface area (Å²) in [5.74, 6) is -0.297. The van der Waals surface area contributed by atoms with Crippen LogP contribution in [-0.4, -0.2) is 38.4 Å². The molecule has 0 atom stereocenters. The predicted molar refractivity (Wildman–Crippen MR) is 91.8 cm³/mol. The van der Waals surface area contributed by atoms with Gasteiger partial charge in [0, 0.05) is 29.7 Å². The molecule has 0 radical (unpaired) electrons. The largest absolute Gasteiger partial charge is 0.320 e. The third kappa shape index (κ3) is 2.91. The molecule has 2 aromatic heterocycles. The van der Waals surface area contributed by atoms with Gasteiger partial charge in [0.25, 0.3) is 5.91 Å². The summed E-state index contributed by atoms with van der Waals surface area (Å²) in [6.45, 7) is 0.626. The smallest absolute Gasteiger partial charge is 0.255 e. The summed E-state index contributed by atoms with van der Waals surface area (Å²) in [4.78, 5) is 26.3. The van der Waals surface area contributed by atoms with Crippen molar-refractivity contribution in [3.8, 4) is 0 Å². The van der Waals surface area contributed by atoms with E-state index >= 15 is 0 Å². The third-order valence-electron chi connectivity index (χ3n) is 4.03.